The molecule has 1 fully saturated rings. The van der Waals surface area contributed by atoms with Crippen LogP contribution in [-0.4, -0.2) is 38.7 Å². The molecule has 1 saturated heterocycles. The van der Waals surface area contributed by atoms with Crippen molar-refractivity contribution in [2.24, 2.45) is 16.1 Å². The van der Waals surface area contributed by atoms with E-state index in [4.69, 9.17) is 14.9 Å². The highest BCUT2D eigenvalue weighted by Crippen LogP contribution is 2.29. The minimum atomic E-state index is -0.569. The molecule has 2 rings (SSSR count). The molecule has 1 aliphatic heterocycles. The molecule has 0 saturated carbocycles. The van der Waals surface area contributed by atoms with Crippen molar-refractivity contribution in [3.63, 3.8) is 0 Å². The summed E-state index contributed by atoms with van der Waals surface area (Å²) in [5, 5.41) is 6.29. The van der Waals surface area contributed by atoms with Gasteiger partial charge in [0, 0.05) is 26.8 Å². The SMILES string of the molecule is CN=C(NCc1ccco1)NCC1(C(N)=O)CCOCC1. The van der Waals surface area contributed by atoms with Gasteiger partial charge >= 0.3 is 0 Å². The Balaban J connectivity index is 1.87. The predicted molar refractivity (Wildman–Crippen MR) is 78.6 cm³/mol. The van der Waals surface area contributed by atoms with Gasteiger partial charge in [-0.05, 0) is 25.0 Å². The molecule has 7 heteroatoms. The fourth-order valence-electron chi connectivity index (χ4n) is 2.33. The lowest BCUT2D eigenvalue weighted by atomic mass is 9.79. The minimum Gasteiger partial charge on any atom is -0.467 e. The molecule has 2 heterocycles. The number of rotatable bonds is 5. The number of primary amides is 1. The third kappa shape index (κ3) is 3.98. The van der Waals surface area contributed by atoms with Crippen LogP contribution in [0.4, 0.5) is 0 Å². The summed E-state index contributed by atoms with van der Waals surface area (Å²) in [7, 11) is 1.68. The highest BCUT2D eigenvalue weighted by atomic mass is 16.5. The van der Waals surface area contributed by atoms with Gasteiger partial charge in [-0.1, -0.05) is 0 Å². The number of nitrogens with two attached hydrogens (primary N) is 1. The van der Waals surface area contributed by atoms with Crippen molar-refractivity contribution in [3.8, 4) is 0 Å². The maximum absolute atomic E-state index is 11.8. The second-order valence-electron chi connectivity index (χ2n) is 5.12. The molecule has 0 spiro atoms. The van der Waals surface area contributed by atoms with Crippen LogP contribution in [-0.2, 0) is 16.1 Å². The first kappa shape index (κ1) is 15.4. The third-order valence-corrected chi connectivity index (χ3v) is 3.80. The molecule has 21 heavy (non-hydrogen) atoms. The number of nitrogens with zero attached hydrogens (tertiary/aromatic N) is 1. The largest absolute Gasteiger partial charge is 0.467 e. The standard InChI is InChI=1S/C14H22N4O3/c1-16-13(17-9-11-3-2-6-21-11)18-10-14(12(15)19)4-7-20-8-5-14/h2-3,6H,4-5,7-10H2,1H3,(H2,15,19)(H2,16,17,18). The Morgan fingerprint density at radius 1 is 1.43 bits per heavy atom. The van der Waals surface area contributed by atoms with E-state index in [1.807, 2.05) is 12.1 Å². The molecule has 7 nitrogen and oxygen atoms in total. The molecule has 4 N–H and O–H groups in total. The fraction of sp³-hybridized carbons (Fsp3) is 0.571. The van der Waals surface area contributed by atoms with E-state index in [1.165, 1.54) is 0 Å². The summed E-state index contributed by atoms with van der Waals surface area (Å²) in [5.41, 5.74) is 5.00. The van der Waals surface area contributed by atoms with E-state index in [0.717, 1.165) is 5.76 Å². The summed E-state index contributed by atoms with van der Waals surface area (Å²) in [5.74, 6) is 1.13. The van der Waals surface area contributed by atoms with Gasteiger partial charge in [0.25, 0.3) is 0 Å². The lowest BCUT2D eigenvalue weighted by molar-refractivity contribution is -0.132. The zero-order valence-corrected chi connectivity index (χ0v) is 12.2. The third-order valence-electron chi connectivity index (χ3n) is 3.80. The Labute approximate surface area is 123 Å². The number of guanidine groups is 1. The molecule has 1 aliphatic rings. The molecule has 0 radical (unpaired) electrons. The van der Waals surface area contributed by atoms with Crippen LogP contribution in [0.25, 0.3) is 0 Å². The first-order chi connectivity index (χ1) is 10.2. The molecule has 1 aromatic heterocycles. The molecular weight excluding hydrogens is 272 g/mol. The fourth-order valence-corrected chi connectivity index (χ4v) is 2.33. The quantitative estimate of drug-likeness (QED) is 0.533. The Hall–Kier alpha value is -2.02. The van der Waals surface area contributed by atoms with Gasteiger partial charge in [0.05, 0.1) is 18.2 Å². The van der Waals surface area contributed by atoms with E-state index >= 15 is 0 Å². The molecule has 0 atom stereocenters. The maximum atomic E-state index is 11.8. The number of aliphatic imine (C=N–C) groups is 1. The van der Waals surface area contributed by atoms with Gasteiger partial charge < -0.3 is 25.5 Å². The average molecular weight is 294 g/mol. The lowest BCUT2D eigenvalue weighted by Crippen LogP contribution is -2.51. The number of hydrogen-bond acceptors (Lipinski definition) is 4. The zero-order chi connectivity index (χ0) is 15.1. The Bertz CT molecular complexity index is 478. The zero-order valence-electron chi connectivity index (χ0n) is 12.2. The van der Waals surface area contributed by atoms with Crippen molar-refractivity contribution in [3.05, 3.63) is 24.2 Å². The monoisotopic (exact) mass is 294 g/mol. The molecular formula is C14H22N4O3. The van der Waals surface area contributed by atoms with Gasteiger partial charge in [0.15, 0.2) is 5.96 Å². The molecule has 0 aromatic carbocycles. The van der Waals surface area contributed by atoms with E-state index in [1.54, 1.807) is 13.3 Å². The van der Waals surface area contributed by atoms with Crippen LogP contribution in [0.15, 0.2) is 27.8 Å². The summed E-state index contributed by atoms with van der Waals surface area (Å²) in [6.45, 7) is 2.09. The van der Waals surface area contributed by atoms with Crippen LogP contribution < -0.4 is 16.4 Å². The van der Waals surface area contributed by atoms with Crippen LogP contribution in [0.3, 0.4) is 0 Å². The van der Waals surface area contributed by atoms with Crippen LogP contribution in [0.2, 0.25) is 0 Å². The topological polar surface area (TPSA) is 102 Å². The highest BCUT2D eigenvalue weighted by Gasteiger charge is 2.38. The van der Waals surface area contributed by atoms with Crippen LogP contribution in [0.5, 0.6) is 0 Å². The smallest absolute Gasteiger partial charge is 0.225 e. The summed E-state index contributed by atoms with van der Waals surface area (Å²) in [6, 6.07) is 3.71. The predicted octanol–water partition coefficient (Wildman–Crippen LogP) is 0.227. The second-order valence-corrected chi connectivity index (χ2v) is 5.12. The normalized spacial score (nSPS) is 18.2. The van der Waals surface area contributed by atoms with Crippen molar-refractivity contribution >= 4 is 11.9 Å². The number of carbonyl (C=O) groups excluding carboxylic acids is 1. The van der Waals surface area contributed by atoms with Gasteiger partial charge in [-0.2, -0.15) is 0 Å². The number of hydrogen-bond donors (Lipinski definition) is 3. The van der Waals surface area contributed by atoms with E-state index < -0.39 is 5.41 Å². The summed E-state index contributed by atoms with van der Waals surface area (Å²) in [6.07, 6.45) is 2.88. The number of furan rings is 1. The number of carbonyl (C=O) groups is 1. The maximum Gasteiger partial charge on any atom is 0.225 e. The van der Waals surface area contributed by atoms with Crippen LogP contribution >= 0.6 is 0 Å². The van der Waals surface area contributed by atoms with Crippen molar-refractivity contribution in [2.45, 2.75) is 19.4 Å². The summed E-state index contributed by atoms with van der Waals surface area (Å²) >= 11 is 0. The van der Waals surface area contributed by atoms with Crippen molar-refractivity contribution in [1.29, 1.82) is 0 Å². The van der Waals surface area contributed by atoms with Gasteiger partial charge in [0.2, 0.25) is 5.91 Å². The second kappa shape index (κ2) is 7.12. The Kier molecular flexibility index (Phi) is 5.21. The molecule has 0 unspecified atom stereocenters. The molecule has 116 valence electrons. The number of nitrogens with one attached hydrogen (secondary N) is 2. The Morgan fingerprint density at radius 2 is 2.19 bits per heavy atom. The van der Waals surface area contributed by atoms with Crippen LogP contribution in [0, 0.1) is 5.41 Å². The summed E-state index contributed by atoms with van der Waals surface area (Å²) in [4.78, 5) is 15.9. The average Bonchev–Trinajstić information content (AvgIpc) is 3.01. The van der Waals surface area contributed by atoms with Crippen molar-refractivity contribution in [2.75, 3.05) is 26.8 Å². The highest BCUT2D eigenvalue weighted by molar-refractivity contribution is 5.83. The van der Waals surface area contributed by atoms with E-state index in [0.29, 0.717) is 45.1 Å². The summed E-state index contributed by atoms with van der Waals surface area (Å²) < 4.78 is 10.6. The molecule has 0 bridgehead atoms. The molecule has 1 amide bonds. The first-order valence-corrected chi connectivity index (χ1v) is 7.01. The van der Waals surface area contributed by atoms with E-state index in [9.17, 15) is 4.79 Å². The first-order valence-electron chi connectivity index (χ1n) is 7.01. The number of amides is 1. The number of ether oxygens (including phenoxy) is 1. The minimum absolute atomic E-state index is 0.292. The van der Waals surface area contributed by atoms with Gasteiger partial charge in [-0.15, -0.1) is 0 Å². The van der Waals surface area contributed by atoms with Gasteiger partial charge in [-0.25, -0.2) is 0 Å². The van der Waals surface area contributed by atoms with Gasteiger partial charge in [0.1, 0.15) is 5.76 Å². The Morgan fingerprint density at radius 3 is 2.76 bits per heavy atom. The van der Waals surface area contributed by atoms with Crippen molar-refractivity contribution in [1.82, 2.24) is 10.6 Å². The van der Waals surface area contributed by atoms with Crippen molar-refractivity contribution < 1.29 is 13.9 Å². The van der Waals surface area contributed by atoms with E-state index in [2.05, 4.69) is 15.6 Å². The molecule has 0 aliphatic carbocycles. The van der Waals surface area contributed by atoms with Gasteiger partial charge in [-0.3, -0.25) is 9.79 Å². The van der Waals surface area contributed by atoms with Crippen LogP contribution in [0.1, 0.15) is 18.6 Å². The lowest BCUT2D eigenvalue weighted by Gasteiger charge is -2.34. The molecule has 1 aromatic rings. The van der Waals surface area contributed by atoms with E-state index in [-0.39, 0.29) is 5.91 Å².